The van der Waals surface area contributed by atoms with E-state index in [1.54, 1.807) is 36.1 Å². The van der Waals surface area contributed by atoms with Crippen molar-refractivity contribution in [2.24, 2.45) is 0 Å². The van der Waals surface area contributed by atoms with Gasteiger partial charge in [-0.05, 0) is 48.4 Å². The maximum Gasteiger partial charge on any atom is 0.257 e. The van der Waals surface area contributed by atoms with Gasteiger partial charge in [0.15, 0.2) is 0 Å². The number of aryl methyl sites for hydroxylation is 1. The van der Waals surface area contributed by atoms with E-state index in [1.165, 1.54) is 16.9 Å². The van der Waals surface area contributed by atoms with E-state index in [9.17, 15) is 14.4 Å². The molecule has 9 heteroatoms. The van der Waals surface area contributed by atoms with Crippen LogP contribution < -0.4 is 15.5 Å². The number of hydrogen-bond donors (Lipinski definition) is 2. The molecule has 1 aliphatic heterocycles. The summed E-state index contributed by atoms with van der Waals surface area (Å²) in [6, 6.07) is 14.7. The summed E-state index contributed by atoms with van der Waals surface area (Å²) in [5, 5.41) is 14.9. The summed E-state index contributed by atoms with van der Waals surface area (Å²) in [6.45, 7) is 4.41. The number of amides is 3. The van der Waals surface area contributed by atoms with E-state index in [1.807, 2.05) is 24.3 Å². The molecule has 1 saturated heterocycles. The zero-order valence-corrected chi connectivity index (χ0v) is 19.3. The molecule has 0 radical (unpaired) electrons. The van der Waals surface area contributed by atoms with Gasteiger partial charge in [0.1, 0.15) is 5.01 Å². The summed E-state index contributed by atoms with van der Waals surface area (Å²) in [4.78, 5) is 38.4. The van der Waals surface area contributed by atoms with Gasteiger partial charge in [0.25, 0.3) is 5.91 Å². The Labute approximate surface area is 196 Å². The molecule has 8 nitrogen and oxygen atoms in total. The standard InChI is InChI=1S/C24H25N5O3S/c1-3-15-5-11-19(12-6-15)29-14-17(13-21(29)31)23-27-28-24(33-23)26-22(32)16-7-9-18(10-8-16)25-20(30)4-2/h5-12,17H,3-4,13-14H2,1-2H3,(H,25,30)(H,26,28,32). The van der Waals surface area contributed by atoms with Crippen molar-refractivity contribution in [2.45, 2.75) is 39.0 Å². The molecule has 1 fully saturated rings. The van der Waals surface area contributed by atoms with Crippen LogP contribution in [0.25, 0.3) is 0 Å². The predicted molar refractivity (Wildman–Crippen MR) is 129 cm³/mol. The van der Waals surface area contributed by atoms with Crippen LogP contribution in [-0.4, -0.2) is 34.5 Å². The first-order valence-corrected chi connectivity index (χ1v) is 11.7. The van der Waals surface area contributed by atoms with Crippen LogP contribution in [0.2, 0.25) is 0 Å². The maximum absolute atomic E-state index is 12.6. The molecule has 4 rings (SSSR count). The topological polar surface area (TPSA) is 104 Å². The van der Waals surface area contributed by atoms with Gasteiger partial charge in [-0.2, -0.15) is 0 Å². The second-order valence-corrected chi connectivity index (χ2v) is 8.81. The first-order chi connectivity index (χ1) is 16.0. The number of benzene rings is 2. The Hall–Kier alpha value is -3.59. The normalized spacial score (nSPS) is 15.5. The molecule has 170 valence electrons. The lowest BCUT2D eigenvalue weighted by Gasteiger charge is -2.16. The van der Waals surface area contributed by atoms with Crippen LogP contribution in [0.4, 0.5) is 16.5 Å². The zero-order chi connectivity index (χ0) is 23.4. The quantitative estimate of drug-likeness (QED) is 0.546. The van der Waals surface area contributed by atoms with Gasteiger partial charge in [-0.25, -0.2) is 0 Å². The van der Waals surface area contributed by atoms with Crippen molar-refractivity contribution in [1.82, 2.24) is 10.2 Å². The van der Waals surface area contributed by atoms with Crippen LogP contribution in [0.1, 0.15) is 53.5 Å². The number of anilines is 3. The van der Waals surface area contributed by atoms with Crippen molar-refractivity contribution in [1.29, 1.82) is 0 Å². The first-order valence-electron chi connectivity index (χ1n) is 10.9. The molecule has 1 aliphatic rings. The van der Waals surface area contributed by atoms with Crippen LogP contribution in [0, 0.1) is 0 Å². The second kappa shape index (κ2) is 9.91. The van der Waals surface area contributed by atoms with Crippen molar-refractivity contribution < 1.29 is 14.4 Å². The molecule has 2 aromatic carbocycles. The van der Waals surface area contributed by atoms with E-state index >= 15 is 0 Å². The van der Waals surface area contributed by atoms with Gasteiger partial charge in [-0.3, -0.25) is 19.7 Å². The number of rotatable bonds is 7. The molecule has 2 N–H and O–H groups in total. The lowest BCUT2D eigenvalue weighted by atomic mass is 10.1. The van der Waals surface area contributed by atoms with E-state index in [0.717, 1.165) is 17.1 Å². The highest BCUT2D eigenvalue weighted by atomic mass is 32.1. The SMILES string of the molecule is CCC(=O)Nc1ccc(C(=O)Nc2nnc(C3CC(=O)N(c4ccc(CC)cc4)C3)s2)cc1. The smallest absolute Gasteiger partial charge is 0.257 e. The Balaban J connectivity index is 1.38. The van der Waals surface area contributed by atoms with E-state index < -0.39 is 0 Å². The van der Waals surface area contributed by atoms with Crippen LogP contribution in [0.3, 0.4) is 0 Å². The van der Waals surface area contributed by atoms with Gasteiger partial charge in [0.2, 0.25) is 16.9 Å². The molecule has 0 spiro atoms. The molecule has 33 heavy (non-hydrogen) atoms. The Bertz CT molecular complexity index is 1160. The fraction of sp³-hybridized carbons (Fsp3) is 0.292. The van der Waals surface area contributed by atoms with Crippen molar-refractivity contribution in [3.05, 3.63) is 64.7 Å². The Morgan fingerprint density at radius 1 is 1.03 bits per heavy atom. The highest BCUT2D eigenvalue weighted by molar-refractivity contribution is 7.15. The van der Waals surface area contributed by atoms with E-state index in [-0.39, 0.29) is 23.6 Å². The molecular formula is C24H25N5O3S. The average Bonchev–Trinajstić information content (AvgIpc) is 3.46. The molecule has 0 aliphatic carbocycles. The molecular weight excluding hydrogens is 438 g/mol. The third kappa shape index (κ3) is 5.25. The van der Waals surface area contributed by atoms with Gasteiger partial charge in [-0.15, -0.1) is 10.2 Å². The lowest BCUT2D eigenvalue weighted by Crippen LogP contribution is -2.24. The Morgan fingerprint density at radius 2 is 1.76 bits per heavy atom. The van der Waals surface area contributed by atoms with Crippen LogP contribution >= 0.6 is 11.3 Å². The molecule has 3 amide bonds. The summed E-state index contributed by atoms with van der Waals surface area (Å²) in [6.07, 6.45) is 1.70. The molecule has 1 atom stereocenters. The van der Waals surface area contributed by atoms with Gasteiger partial charge in [0, 0.05) is 42.2 Å². The minimum absolute atomic E-state index is 0.0558. The third-order valence-corrected chi connectivity index (χ3v) is 6.54. The highest BCUT2D eigenvalue weighted by Gasteiger charge is 2.34. The minimum atomic E-state index is -0.314. The third-order valence-electron chi connectivity index (χ3n) is 5.54. The van der Waals surface area contributed by atoms with Crippen LogP contribution in [-0.2, 0) is 16.0 Å². The van der Waals surface area contributed by atoms with Crippen molar-refractivity contribution in [2.75, 3.05) is 22.1 Å². The van der Waals surface area contributed by atoms with Crippen LogP contribution in [0.15, 0.2) is 48.5 Å². The Kier molecular flexibility index (Phi) is 6.79. The van der Waals surface area contributed by atoms with Gasteiger partial charge < -0.3 is 10.2 Å². The molecule has 0 saturated carbocycles. The summed E-state index contributed by atoms with van der Waals surface area (Å²) in [5.41, 5.74) is 3.19. The van der Waals surface area contributed by atoms with Crippen molar-refractivity contribution >= 4 is 45.6 Å². The zero-order valence-electron chi connectivity index (χ0n) is 18.5. The second-order valence-electron chi connectivity index (χ2n) is 7.80. The van der Waals surface area contributed by atoms with E-state index in [4.69, 9.17) is 0 Å². The molecule has 1 aromatic heterocycles. The lowest BCUT2D eigenvalue weighted by molar-refractivity contribution is -0.117. The summed E-state index contributed by atoms with van der Waals surface area (Å²) < 4.78 is 0. The number of carbonyl (C=O) groups excluding carboxylic acids is 3. The molecule has 1 unspecified atom stereocenters. The maximum atomic E-state index is 12.6. The van der Waals surface area contributed by atoms with E-state index in [0.29, 0.717) is 35.8 Å². The van der Waals surface area contributed by atoms with Crippen molar-refractivity contribution in [3.8, 4) is 0 Å². The largest absolute Gasteiger partial charge is 0.326 e. The number of carbonyl (C=O) groups is 3. The van der Waals surface area contributed by atoms with Crippen LogP contribution in [0.5, 0.6) is 0 Å². The predicted octanol–water partition coefficient (Wildman–Crippen LogP) is 4.22. The highest BCUT2D eigenvalue weighted by Crippen LogP contribution is 2.34. The minimum Gasteiger partial charge on any atom is -0.326 e. The van der Waals surface area contributed by atoms with Gasteiger partial charge in [0.05, 0.1) is 0 Å². The molecule has 3 aromatic rings. The molecule has 2 heterocycles. The summed E-state index contributed by atoms with van der Waals surface area (Å²) in [5.74, 6) is -0.407. The number of aromatic nitrogens is 2. The number of hydrogen-bond acceptors (Lipinski definition) is 6. The van der Waals surface area contributed by atoms with Crippen molar-refractivity contribution in [3.63, 3.8) is 0 Å². The van der Waals surface area contributed by atoms with Gasteiger partial charge in [-0.1, -0.05) is 37.3 Å². The molecule has 0 bridgehead atoms. The first kappa shape index (κ1) is 22.6. The Morgan fingerprint density at radius 3 is 2.42 bits per heavy atom. The summed E-state index contributed by atoms with van der Waals surface area (Å²) >= 11 is 1.28. The van der Waals surface area contributed by atoms with Gasteiger partial charge >= 0.3 is 0 Å². The number of nitrogens with one attached hydrogen (secondary N) is 2. The summed E-state index contributed by atoms with van der Waals surface area (Å²) in [7, 11) is 0. The fourth-order valence-corrected chi connectivity index (χ4v) is 4.44. The fourth-order valence-electron chi connectivity index (χ4n) is 3.61. The number of nitrogens with zero attached hydrogens (tertiary/aromatic N) is 3. The monoisotopic (exact) mass is 463 g/mol. The average molecular weight is 464 g/mol. The van der Waals surface area contributed by atoms with E-state index in [2.05, 4.69) is 27.8 Å².